The molecular weight excluding hydrogens is 270 g/mol. The van der Waals surface area contributed by atoms with Gasteiger partial charge in [0.2, 0.25) is 0 Å². The molecule has 0 saturated heterocycles. The molecule has 1 saturated carbocycles. The molecule has 106 valence electrons. The van der Waals surface area contributed by atoms with E-state index in [1.807, 2.05) is 30.1 Å². The number of nitrogens with one attached hydrogen (secondary N) is 1. The molecule has 3 rings (SSSR count). The molecule has 0 aliphatic heterocycles. The minimum absolute atomic E-state index is 0.660. The van der Waals surface area contributed by atoms with E-state index in [1.165, 1.54) is 24.0 Å². The Kier molecular flexibility index (Phi) is 4.08. The Hall–Kier alpha value is -1.32. The molecule has 0 radical (unpaired) electrons. The number of benzene rings is 1. The SMILES string of the molecule is Cn1cc(CCNC2CC(c3ccc(Cl)cc3)C2)cn1. The van der Waals surface area contributed by atoms with E-state index in [0.29, 0.717) is 12.0 Å². The first-order chi connectivity index (χ1) is 9.70. The molecule has 1 aliphatic rings. The van der Waals surface area contributed by atoms with Gasteiger partial charge in [0.05, 0.1) is 6.20 Å². The fraction of sp³-hybridized carbons (Fsp3) is 0.438. The van der Waals surface area contributed by atoms with Crippen LogP contribution in [0.1, 0.15) is 29.9 Å². The Bertz CT molecular complexity index is 555. The summed E-state index contributed by atoms with van der Waals surface area (Å²) in [6, 6.07) is 8.94. The molecule has 0 spiro atoms. The Morgan fingerprint density at radius 3 is 2.70 bits per heavy atom. The van der Waals surface area contributed by atoms with Gasteiger partial charge in [0.15, 0.2) is 0 Å². The molecule has 0 amide bonds. The predicted molar refractivity (Wildman–Crippen MR) is 82.1 cm³/mol. The van der Waals surface area contributed by atoms with Gasteiger partial charge >= 0.3 is 0 Å². The van der Waals surface area contributed by atoms with Crippen molar-refractivity contribution in [3.05, 3.63) is 52.8 Å². The van der Waals surface area contributed by atoms with E-state index in [0.717, 1.165) is 18.0 Å². The van der Waals surface area contributed by atoms with Crippen LogP contribution in [0.15, 0.2) is 36.7 Å². The Labute approximate surface area is 124 Å². The highest BCUT2D eigenvalue weighted by atomic mass is 35.5. The topological polar surface area (TPSA) is 29.9 Å². The molecule has 0 unspecified atom stereocenters. The lowest BCUT2D eigenvalue weighted by molar-refractivity contribution is 0.293. The van der Waals surface area contributed by atoms with Crippen molar-refractivity contribution in [2.75, 3.05) is 6.54 Å². The van der Waals surface area contributed by atoms with E-state index in [9.17, 15) is 0 Å². The minimum Gasteiger partial charge on any atom is -0.314 e. The summed E-state index contributed by atoms with van der Waals surface area (Å²) < 4.78 is 1.86. The maximum atomic E-state index is 5.92. The first kappa shape index (κ1) is 13.7. The van der Waals surface area contributed by atoms with Gasteiger partial charge in [-0.15, -0.1) is 0 Å². The number of hydrogen-bond donors (Lipinski definition) is 1. The van der Waals surface area contributed by atoms with E-state index in [2.05, 4.69) is 28.7 Å². The van der Waals surface area contributed by atoms with E-state index in [-0.39, 0.29) is 0 Å². The van der Waals surface area contributed by atoms with Crippen LogP contribution in [0.5, 0.6) is 0 Å². The van der Waals surface area contributed by atoms with Gasteiger partial charge in [-0.1, -0.05) is 23.7 Å². The molecule has 1 aromatic carbocycles. The summed E-state index contributed by atoms with van der Waals surface area (Å²) in [5.41, 5.74) is 2.72. The lowest BCUT2D eigenvalue weighted by Gasteiger charge is -2.36. The normalized spacial score (nSPS) is 21.7. The summed E-state index contributed by atoms with van der Waals surface area (Å²) in [6.45, 7) is 1.03. The summed E-state index contributed by atoms with van der Waals surface area (Å²) in [5, 5.41) is 8.63. The van der Waals surface area contributed by atoms with Crippen LogP contribution < -0.4 is 5.32 Å². The zero-order valence-corrected chi connectivity index (χ0v) is 12.5. The van der Waals surface area contributed by atoms with Gasteiger partial charge in [0, 0.05) is 24.3 Å². The fourth-order valence-corrected chi connectivity index (χ4v) is 2.94. The fourth-order valence-electron chi connectivity index (χ4n) is 2.81. The van der Waals surface area contributed by atoms with Gasteiger partial charge in [-0.3, -0.25) is 4.68 Å². The molecule has 0 bridgehead atoms. The highest BCUT2D eigenvalue weighted by Gasteiger charge is 2.29. The van der Waals surface area contributed by atoms with Crippen molar-refractivity contribution < 1.29 is 0 Å². The van der Waals surface area contributed by atoms with E-state index in [1.54, 1.807) is 0 Å². The zero-order valence-electron chi connectivity index (χ0n) is 11.7. The molecular formula is C16H20ClN3. The summed E-state index contributed by atoms with van der Waals surface area (Å²) in [5.74, 6) is 0.697. The van der Waals surface area contributed by atoms with Crippen LogP contribution in [0.2, 0.25) is 5.02 Å². The third kappa shape index (κ3) is 3.22. The third-order valence-electron chi connectivity index (χ3n) is 4.08. The van der Waals surface area contributed by atoms with Gasteiger partial charge in [0.25, 0.3) is 0 Å². The summed E-state index contributed by atoms with van der Waals surface area (Å²) in [7, 11) is 1.96. The Morgan fingerprint density at radius 1 is 1.30 bits per heavy atom. The molecule has 20 heavy (non-hydrogen) atoms. The average molecular weight is 290 g/mol. The van der Waals surface area contributed by atoms with Gasteiger partial charge in [-0.2, -0.15) is 5.10 Å². The molecule has 1 heterocycles. The van der Waals surface area contributed by atoms with Crippen molar-refractivity contribution in [1.29, 1.82) is 0 Å². The van der Waals surface area contributed by atoms with E-state index >= 15 is 0 Å². The number of hydrogen-bond acceptors (Lipinski definition) is 2. The Morgan fingerprint density at radius 2 is 2.05 bits per heavy atom. The van der Waals surface area contributed by atoms with Crippen LogP contribution in [0.3, 0.4) is 0 Å². The monoisotopic (exact) mass is 289 g/mol. The molecule has 1 N–H and O–H groups in total. The molecule has 4 heteroatoms. The second-order valence-corrected chi connectivity index (χ2v) is 6.08. The van der Waals surface area contributed by atoms with Gasteiger partial charge < -0.3 is 5.32 Å². The highest BCUT2D eigenvalue weighted by Crippen LogP contribution is 2.37. The lowest BCUT2D eigenvalue weighted by atomic mass is 9.76. The highest BCUT2D eigenvalue weighted by molar-refractivity contribution is 6.30. The van der Waals surface area contributed by atoms with Crippen LogP contribution in [0.4, 0.5) is 0 Å². The van der Waals surface area contributed by atoms with Crippen LogP contribution in [0.25, 0.3) is 0 Å². The van der Waals surface area contributed by atoms with Crippen molar-refractivity contribution in [1.82, 2.24) is 15.1 Å². The number of halogens is 1. The first-order valence-electron chi connectivity index (χ1n) is 7.17. The van der Waals surface area contributed by atoms with Crippen molar-refractivity contribution in [2.24, 2.45) is 7.05 Å². The minimum atomic E-state index is 0.660. The smallest absolute Gasteiger partial charge is 0.0522 e. The van der Waals surface area contributed by atoms with Gasteiger partial charge in [-0.05, 0) is 55.0 Å². The summed E-state index contributed by atoms with van der Waals surface area (Å²) >= 11 is 5.92. The largest absolute Gasteiger partial charge is 0.314 e. The van der Waals surface area contributed by atoms with Crippen molar-refractivity contribution in [3.63, 3.8) is 0 Å². The molecule has 2 aromatic rings. The van der Waals surface area contributed by atoms with Crippen LogP contribution in [-0.4, -0.2) is 22.4 Å². The van der Waals surface area contributed by atoms with E-state index < -0.39 is 0 Å². The maximum Gasteiger partial charge on any atom is 0.0522 e. The quantitative estimate of drug-likeness (QED) is 0.916. The average Bonchev–Trinajstić information content (AvgIpc) is 2.80. The van der Waals surface area contributed by atoms with E-state index in [4.69, 9.17) is 11.6 Å². The Balaban J connectivity index is 1.39. The second-order valence-electron chi connectivity index (χ2n) is 5.64. The van der Waals surface area contributed by atoms with Crippen LogP contribution in [-0.2, 0) is 13.5 Å². The van der Waals surface area contributed by atoms with Crippen LogP contribution in [0, 0.1) is 0 Å². The summed E-state index contributed by atoms with van der Waals surface area (Å²) in [6.07, 6.45) is 7.54. The van der Waals surface area contributed by atoms with Crippen LogP contribution >= 0.6 is 11.6 Å². The number of rotatable bonds is 5. The second kappa shape index (κ2) is 5.98. The number of nitrogens with zero attached hydrogens (tertiary/aromatic N) is 2. The molecule has 3 nitrogen and oxygen atoms in total. The molecule has 1 fully saturated rings. The van der Waals surface area contributed by atoms with Crippen molar-refractivity contribution in [3.8, 4) is 0 Å². The number of aromatic nitrogens is 2. The lowest BCUT2D eigenvalue weighted by Crippen LogP contribution is -2.40. The molecule has 1 aromatic heterocycles. The predicted octanol–water partition coefficient (Wildman–Crippen LogP) is 3.15. The first-order valence-corrected chi connectivity index (χ1v) is 7.55. The number of aryl methyl sites for hydroxylation is 1. The zero-order chi connectivity index (χ0) is 13.9. The van der Waals surface area contributed by atoms with Crippen molar-refractivity contribution >= 4 is 11.6 Å². The molecule has 1 aliphatic carbocycles. The maximum absolute atomic E-state index is 5.92. The molecule has 0 atom stereocenters. The third-order valence-corrected chi connectivity index (χ3v) is 4.34. The van der Waals surface area contributed by atoms with Gasteiger partial charge in [0.1, 0.15) is 0 Å². The van der Waals surface area contributed by atoms with Gasteiger partial charge in [-0.25, -0.2) is 0 Å². The van der Waals surface area contributed by atoms with Crippen molar-refractivity contribution in [2.45, 2.75) is 31.2 Å². The standard InChI is InChI=1S/C16H20ClN3/c1-20-11-12(10-19-20)6-7-18-16-8-14(9-16)13-2-4-15(17)5-3-13/h2-5,10-11,14,16,18H,6-9H2,1H3. The summed E-state index contributed by atoms with van der Waals surface area (Å²) in [4.78, 5) is 0.